The van der Waals surface area contributed by atoms with Crippen LogP contribution in [0.2, 0.25) is 0 Å². The molecule has 2 heterocycles. The third kappa shape index (κ3) is 2.54. The maximum atomic E-state index is 13.1. The highest BCUT2D eigenvalue weighted by atomic mass is 16.5. The van der Waals surface area contributed by atoms with Crippen molar-refractivity contribution in [2.45, 2.75) is 6.61 Å². The first-order valence-electron chi connectivity index (χ1n) is 8.22. The van der Waals surface area contributed by atoms with E-state index < -0.39 is 0 Å². The predicted molar refractivity (Wildman–Crippen MR) is 98.5 cm³/mol. The molecule has 0 atom stereocenters. The summed E-state index contributed by atoms with van der Waals surface area (Å²) < 4.78 is 33.1. The standard InChI is InChI=1S/C20H18O7/c1-22-11-6-15(25-4)17-16(7-11)27-19-12-8-14(24-3)13(23-2)5-10(12)9-26-20(19)18(17)21/h5-8H,9H2,1-4H3. The topological polar surface area (TPSA) is 76.4 Å². The largest absolute Gasteiger partial charge is 0.496 e. The van der Waals surface area contributed by atoms with Crippen LogP contribution < -0.4 is 29.1 Å². The van der Waals surface area contributed by atoms with E-state index >= 15 is 0 Å². The van der Waals surface area contributed by atoms with Gasteiger partial charge in [-0.05, 0) is 12.1 Å². The van der Waals surface area contributed by atoms with Crippen LogP contribution in [0.1, 0.15) is 5.56 Å². The first kappa shape index (κ1) is 17.1. The molecule has 140 valence electrons. The number of ether oxygens (including phenoxy) is 5. The third-order valence-electron chi connectivity index (χ3n) is 4.57. The van der Waals surface area contributed by atoms with Crippen LogP contribution >= 0.6 is 0 Å². The Morgan fingerprint density at radius 1 is 0.852 bits per heavy atom. The lowest BCUT2D eigenvalue weighted by molar-refractivity contribution is 0.287. The Morgan fingerprint density at radius 2 is 1.56 bits per heavy atom. The molecule has 0 spiro atoms. The van der Waals surface area contributed by atoms with Crippen molar-refractivity contribution in [1.29, 1.82) is 0 Å². The number of fused-ring (bicyclic) bond motifs is 4. The summed E-state index contributed by atoms with van der Waals surface area (Å²) in [5, 5.41) is 0.306. The Kier molecular flexibility index (Phi) is 4.07. The zero-order valence-electron chi connectivity index (χ0n) is 15.4. The third-order valence-corrected chi connectivity index (χ3v) is 4.57. The minimum Gasteiger partial charge on any atom is -0.496 e. The highest BCUT2D eigenvalue weighted by Crippen LogP contribution is 2.43. The molecule has 0 unspecified atom stereocenters. The highest BCUT2D eigenvalue weighted by molar-refractivity contribution is 5.89. The van der Waals surface area contributed by atoms with Gasteiger partial charge < -0.3 is 28.1 Å². The Balaban J connectivity index is 2.05. The molecule has 0 amide bonds. The summed E-state index contributed by atoms with van der Waals surface area (Å²) in [5.41, 5.74) is 1.60. The van der Waals surface area contributed by atoms with Crippen LogP contribution in [0.15, 0.2) is 33.5 Å². The molecule has 4 rings (SSSR count). The van der Waals surface area contributed by atoms with E-state index in [0.29, 0.717) is 39.7 Å². The van der Waals surface area contributed by atoms with Crippen LogP contribution in [-0.2, 0) is 6.61 Å². The number of hydrogen-bond donors (Lipinski definition) is 0. The van der Waals surface area contributed by atoms with Crippen molar-refractivity contribution < 1.29 is 28.1 Å². The normalized spacial score (nSPS) is 12.0. The van der Waals surface area contributed by atoms with E-state index in [1.165, 1.54) is 14.2 Å². The van der Waals surface area contributed by atoms with Crippen molar-refractivity contribution in [3.05, 3.63) is 40.1 Å². The summed E-state index contributed by atoms with van der Waals surface area (Å²) in [6.45, 7) is 0.220. The van der Waals surface area contributed by atoms with Crippen molar-refractivity contribution >= 4 is 11.0 Å². The van der Waals surface area contributed by atoms with Gasteiger partial charge in [-0.15, -0.1) is 0 Å². The van der Waals surface area contributed by atoms with Crippen molar-refractivity contribution in [1.82, 2.24) is 0 Å². The quantitative estimate of drug-likeness (QED) is 0.697. The smallest absolute Gasteiger partial charge is 0.239 e. The van der Waals surface area contributed by atoms with Gasteiger partial charge in [0.2, 0.25) is 11.2 Å². The molecule has 27 heavy (non-hydrogen) atoms. The predicted octanol–water partition coefficient (Wildman–Crippen LogP) is 3.39. The molecular weight excluding hydrogens is 352 g/mol. The molecule has 0 bridgehead atoms. The van der Waals surface area contributed by atoms with Gasteiger partial charge in [0.05, 0.1) is 28.4 Å². The molecular formula is C20H18O7. The van der Waals surface area contributed by atoms with E-state index in [4.69, 9.17) is 28.1 Å². The monoisotopic (exact) mass is 370 g/mol. The maximum Gasteiger partial charge on any atom is 0.239 e. The van der Waals surface area contributed by atoms with Crippen molar-refractivity contribution in [3.8, 4) is 40.1 Å². The van der Waals surface area contributed by atoms with E-state index in [1.54, 1.807) is 32.4 Å². The average Bonchev–Trinajstić information content (AvgIpc) is 2.71. The minimum atomic E-state index is -0.300. The molecule has 7 nitrogen and oxygen atoms in total. The van der Waals surface area contributed by atoms with Crippen LogP contribution in [-0.4, -0.2) is 28.4 Å². The second kappa shape index (κ2) is 6.42. The summed E-state index contributed by atoms with van der Waals surface area (Å²) in [5.74, 6) is 2.48. The van der Waals surface area contributed by atoms with Crippen molar-refractivity contribution in [2.24, 2.45) is 0 Å². The van der Waals surface area contributed by atoms with Crippen molar-refractivity contribution in [2.75, 3.05) is 28.4 Å². The Morgan fingerprint density at radius 3 is 2.22 bits per heavy atom. The Bertz CT molecular complexity index is 1100. The van der Waals surface area contributed by atoms with E-state index in [1.807, 2.05) is 6.07 Å². The van der Waals surface area contributed by atoms with E-state index in [-0.39, 0.29) is 17.8 Å². The second-order valence-corrected chi connectivity index (χ2v) is 5.95. The van der Waals surface area contributed by atoms with Crippen LogP contribution in [0, 0.1) is 0 Å². The number of methoxy groups -OCH3 is 4. The van der Waals surface area contributed by atoms with Crippen LogP contribution in [0.25, 0.3) is 22.3 Å². The van der Waals surface area contributed by atoms with E-state index in [9.17, 15) is 4.79 Å². The first-order chi connectivity index (χ1) is 13.1. The molecule has 7 heteroatoms. The fourth-order valence-corrected chi connectivity index (χ4v) is 3.23. The van der Waals surface area contributed by atoms with Gasteiger partial charge in [0, 0.05) is 23.3 Å². The number of benzene rings is 2. The molecule has 1 aliphatic rings. The molecule has 0 N–H and O–H groups in total. The van der Waals surface area contributed by atoms with Gasteiger partial charge >= 0.3 is 0 Å². The zero-order chi connectivity index (χ0) is 19.1. The maximum absolute atomic E-state index is 13.1. The SMILES string of the molecule is COc1cc(OC)c2c(=O)c3c(oc2c1)-c1cc(OC)c(OC)cc1CO3. The van der Waals surface area contributed by atoms with Gasteiger partial charge in [0.25, 0.3) is 0 Å². The molecule has 0 radical (unpaired) electrons. The molecule has 0 aliphatic carbocycles. The fourth-order valence-electron chi connectivity index (χ4n) is 3.23. The number of rotatable bonds is 4. The Labute approximate surface area is 155 Å². The first-order valence-corrected chi connectivity index (χ1v) is 8.22. The van der Waals surface area contributed by atoms with Gasteiger partial charge in [-0.1, -0.05) is 0 Å². The van der Waals surface area contributed by atoms with Gasteiger partial charge in [0.1, 0.15) is 29.1 Å². The summed E-state index contributed by atoms with van der Waals surface area (Å²) in [6.07, 6.45) is 0. The van der Waals surface area contributed by atoms with Gasteiger partial charge in [-0.2, -0.15) is 0 Å². The summed E-state index contributed by atoms with van der Waals surface area (Å²) in [6, 6.07) is 6.88. The molecule has 0 saturated carbocycles. The summed E-state index contributed by atoms with van der Waals surface area (Å²) in [4.78, 5) is 13.1. The second-order valence-electron chi connectivity index (χ2n) is 5.95. The molecule has 2 aromatic carbocycles. The number of hydrogen-bond acceptors (Lipinski definition) is 7. The summed E-state index contributed by atoms with van der Waals surface area (Å²) >= 11 is 0. The molecule has 1 aromatic heterocycles. The van der Waals surface area contributed by atoms with Gasteiger partial charge in [-0.25, -0.2) is 0 Å². The molecule has 3 aromatic rings. The molecule has 0 saturated heterocycles. The van der Waals surface area contributed by atoms with Crippen LogP contribution in [0.3, 0.4) is 0 Å². The van der Waals surface area contributed by atoms with Gasteiger partial charge in [-0.3, -0.25) is 4.79 Å². The zero-order valence-corrected chi connectivity index (χ0v) is 15.4. The van der Waals surface area contributed by atoms with Crippen LogP contribution in [0.5, 0.6) is 28.7 Å². The highest BCUT2D eigenvalue weighted by Gasteiger charge is 2.28. The molecule has 1 aliphatic heterocycles. The molecule has 0 fully saturated rings. The Hall–Kier alpha value is -3.35. The average molecular weight is 370 g/mol. The van der Waals surface area contributed by atoms with E-state index in [0.717, 1.165) is 11.1 Å². The van der Waals surface area contributed by atoms with E-state index in [2.05, 4.69) is 0 Å². The summed E-state index contributed by atoms with van der Waals surface area (Å²) in [7, 11) is 6.14. The van der Waals surface area contributed by atoms with Crippen molar-refractivity contribution in [3.63, 3.8) is 0 Å². The van der Waals surface area contributed by atoms with Gasteiger partial charge in [0.15, 0.2) is 17.3 Å². The fraction of sp³-hybridized carbons (Fsp3) is 0.250. The van der Waals surface area contributed by atoms with Crippen LogP contribution in [0.4, 0.5) is 0 Å². The minimum absolute atomic E-state index is 0.144. The lowest BCUT2D eigenvalue weighted by Gasteiger charge is -2.21. The lowest BCUT2D eigenvalue weighted by atomic mass is 10.0. The lowest BCUT2D eigenvalue weighted by Crippen LogP contribution is -2.15.